The average Bonchev–Trinajstić information content (AvgIpc) is 3.66. The summed E-state index contributed by atoms with van der Waals surface area (Å²) in [4.78, 5) is 0. The van der Waals surface area contributed by atoms with Gasteiger partial charge in [0.2, 0.25) is 0 Å². The second-order valence-corrected chi connectivity index (χ2v) is 9.61. The minimum Gasteiger partial charge on any atom is -0.351 e. The fourth-order valence-corrected chi connectivity index (χ4v) is 6.55. The molecule has 0 aliphatic carbocycles. The van der Waals surface area contributed by atoms with Crippen molar-refractivity contribution in [2.24, 2.45) is 0 Å². The van der Waals surface area contributed by atoms with Crippen LogP contribution in [-0.2, 0) is 17.7 Å². The first-order chi connectivity index (χ1) is 13.3. The molecule has 3 aromatic rings. The highest BCUT2D eigenvalue weighted by molar-refractivity contribution is 6.81. The van der Waals surface area contributed by atoms with Crippen LogP contribution in [0.2, 0.25) is 0 Å². The van der Waals surface area contributed by atoms with E-state index < -0.39 is 18.4 Å². The van der Waals surface area contributed by atoms with Crippen molar-refractivity contribution in [2.75, 3.05) is 9.46 Å². The van der Waals surface area contributed by atoms with Gasteiger partial charge in [-0.1, -0.05) is 54.6 Å². The molecule has 0 spiro atoms. The molecule has 0 amide bonds. The molecule has 2 fully saturated rings. The van der Waals surface area contributed by atoms with Crippen LogP contribution in [0.5, 0.6) is 0 Å². The van der Waals surface area contributed by atoms with Crippen molar-refractivity contribution >= 4 is 35.5 Å². The lowest BCUT2D eigenvalue weighted by Crippen LogP contribution is -2.38. The molecule has 2 heterocycles. The summed E-state index contributed by atoms with van der Waals surface area (Å²) < 4.78 is 26.8. The van der Waals surface area contributed by atoms with E-state index in [4.69, 9.17) is 17.7 Å². The number of hydrogen-bond acceptors (Lipinski definition) is 6. The summed E-state index contributed by atoms with van der Waals surface area (Å²) in [5, 5.41) is 0. The summed E-state index contributed by atoms with van der Waals surface area (Å²) in [7, 11) is -4.81. The fraction of sp³-hybridized carbons (Fsp3) is 0. The summed E-state index contributed by atoms with van der Waals surface area (Å²) in [6, 6.07) is 28.9. The molecule has 2 radical (unpaired) electrons. The molecular formula is C18H15N3O4Si2. The summed E-state index contributed by atoms with van der Waals surface area (Å²) in [6.45, 7) is 0. The smallest absolute Gasteiger partial charge is 0.351 e. The van der Waals surface area contributed by atoms with Gasteiger partial charge in [-0.3, -0.25) is 4.53 Å². The van der Waals surface area contributed by atoms with Crippen LogP contribution in [-0.4, -0.2) is 18.4 Å². The number of para-hydroxylation sites is 2. The summed E-state index contributed by atoms with van der Waals surface area (Å²) >= 11 is 0. The standard InChI is InChI=1S/C18H15N3O4Si2/c1-4-10-16(11-5-1)19-22-27(21(24-27)18-14-8-3-9-15-18)25-26-20(23-26)17-12-6-2-7-13-17/h1-15H. The molecule has 27 heavy (non-hydrogen) atoms. The minimum absolute atomic E-state index is 0.699. The lowest BCUT2D eigenvalue weighted by Gasteiger charge is -2.08. The monoisotopic (exact) mass is 393 g/mol. The molecule has 2 aliphatic heterocycles. The van der Waals surface area contributed by atoms with Gasteiger partial charge in [0, 0.05) is 0 Å². The Morgan fingerprint density at radius 1 is 0.778 bits per heavy atom. The second kappa shape index (κ2) is 6.81. The third-order valence-corrected chi connectivity index (χ3v) is 7.97. The molecular weight excluding hydrogens is 378 g/mol. The van der Waals surface area contributed by atoms with Gasteiger partial charge in [0.15, 0.2) is 0 Å². The zero-order valence-electron chi connectivity index (χ0n) is 14.1. The Morgan fingerprint density at radius 2 is 1.37 bits per heavy atom. The highest BCUT2D eigenvalue weighted by atomic mass is 28.5. The Morgan fingerprint density at radius 3 is 2.04 bits per heavy atom. The predicted octanol–water partition coefficient (Wildman–Crippen LogP) is 3.19. The molecule has 0 N–H and O–H groups in total. The number of nitrogens with zero attached hydrogens (tertiary/aromatic N) is 3. The van der Waals surface area contributed by atoms with Gasteiger partial charge in [0.05, 0.1) is 17.1 Å². The molecule has 2 aliphatic rings. The van der Waals surface area contributed by atoms with E-state index in [2.05, 4.69) is 5.48 Å². The van der Waals surface area contributed by atoms with Crippen LogP contribution >= 0.6 is 0 Å². The van der Waals surface area contributed by atoms with Crippen molar-refractivity contribution < 1.29 is 17.7 Å². The molecule has 0 bridgehead atoms. The Bertz CT molecular complexity index is 906. The van der Waals surface area contributed by atoms with Crippen molar-refractivity contribution in [3.63, 3.8) is 0 Å². The first-order valence-corrected chi connectivity index (χ1v) is 11.4. The number of anilines is 2. The van der Waals surface area contributed by atoms with Crippen LogP contribution in [0.4, 0.5) is 17.1 Å². The number of hydrogen-bond donors (Lipinski definition) is 0. The fourth-order valence-electron chi connectivity index (χ4n) is 2.55. The highest BCUT2D eigenvalue weighted by Gasteiger charge is 2.74. The van der Waals surface area contributed by atoms with Gasteiger partial charge >= 0.3 is 18.4 Å². The predicted molar refractivity (Wildman–Crippen MR) is 102 cm³/mol. The van der Waals surface area contributed by atoms with Crippen molar-refractivity contribution in [3.8, 4) is 0 Å². The largest absolute Gasteiger partial charge is 0.696 e. The van der Waals surface area contributed by atoms with Gasteiger partial charge in [-0.05, 0) is 36.4 Å². The first kappa shape index (κ1) is 16.5. The molecule has 0 aromatic heterocycles. The molecule has 9 heteroatoms. The molecule has 134 valence electrons. The van der Waals surface area contributed by atoms with Crippen LogP contribution in [0.1, 0.15) is 0 Å². The second-order valence-electron chi connectivity index (χ2n) is 5.85. The van der Waals surface area contributed by atoms with E-state index in [9.17, 15) is 0 Å². The molecule has 1 unspecified atom stereocenters. The molecule has 5 rings (SSSR count). The maximum Gasteiger partial charge on any atom is 0.696 e. The Kier molecular flexibility index (Phi) is 4.16. The Labute approximate surface area is 159 Å². The normalized spacial score (nSPS) is 21.2. The van der Waals surface area contributed by atoms with E-state index in [0.29, 0.717) is 5.69 Å². The topological polar surface area (TPSA) is 63.6 Å². The Hall–Kier alpha value is -2.67. The third kappa shape index (κ3) is 3.47. The molecule has 2 saturated heterocycles. The van der Waals surface area contributed by atoms with E-state index in [1.165, 1.54) is 0 Å². The number of rotatable bonds is 7. The maximum absolute atomic E-state index is 6.15. The average molecular weight is 394 g/mol. The first-order valence-electron chi connectivity index (χ1n) is 8.42. The van der Waals surface area contributed by atoms with E-state index in [0.717, 1.165) is 11.4 Å². The SMILES string of the molecule is c1ccc([N]O[Si]2(O[Si]3ON3c3ccccc3)ON2c2ccccc2)cc1. The number of benzene rings is 3. The van der Waals surface area contributed by atoms with E-state index in [1.54, 1.807) is 9.46 Å². The minimum atomic E-state index is -3.14. The van der Waals surface area contributed by atoms with Crippen molar-refractivity contribution in [1.29, 1.82) is 0 Å². The van der Waals surface area contributed by atoms with Crippen LogP contribution in [0.25, 0.3) is 0 Å². The molecule has 7 nitrogen and oxygen atoms in total. The lowest BCUT2D eigenvalue weighted by molar-refractivity contribution is 0.165. The van der Waals surface area contributed by atoms with Gasteiger partial charge in [-0.2, -0.15) is 0 Å². The van der Waals surface area contributed by atoms with Crippen LogP contribution in [0.15, 0.2) is 91.0 Å². The van der Waals surface area contributed by atoms with E-state index in [1.807, 2.05) is 91.0 Å². The lowest BCUT2D eigenvalue weighted by atomic mass is 10.3. The summed E-state index contributed by atoms with van der Waals surface area (Å²) in [5.41, 5.74) is 6.72. The maximum atomic E-state index is 6.15. The van der Waals surface area contributed by atoms with Crippen LogP contribution in [0, 0.1) is 0 Å². The van der Waals surface area contributed by atoms with E-state index >= 15 is 0 Å². The zero-order chi connectivity index (χ0) is 18.1. The van der Waals surface area contributed by atoms with Gasteiger partial charge in [-0.25, -0.2) is 18.5 Å². The highest BCUT2D eigenvalue weighted by Crippen LogP contribution is 2.41. The zero-order valence-corrected chi connectivity index (χ0v) is 16.1. The summed E-state index contributed by atoms with van der Waals surface area (Å²) in [6.07, 6.45) is 0. The van der Waals surface area contributed by atoms with Crippen LogP contribution < -0.4 is 14.9 Å². The van der Waals surface area contributed by atoms with Gasteiger partial charge in [0.25, 0.3) is 0 Å². The molecule has 3 aromatic carbocycles. The quantitative estimate of drug-likeness (QED) is 0.349. The Balaban J connectivity index is 1.31. The van der Waals surface area contributed by atoms with Gasteiger partial charge < -0.3 is 4.12 Å². The van der Waals surface area contributed by atoms with E-state index in [-0.39, 0.29) is 0 Å². The third-order valence-electron chi connectivity index (χ3n) is 3.95. The molecule has 1 atom stereocenters. The summed E-state index contributed by atoms with van der Waals surface area (Å²) in [5.74, 6) is 0. The van der Waals surface area contributed by atoms with Gasteiger partial charge in [0.1, 0.15) is 0 Å². The molecule has 0 saturated carbocycles. The van der Waals surface area contributed by atoms with Crippen molar-refractivity contribution in [2.45, 2.75) is 0 Å². The van der Waals surface area contributed by atoms with Crippen LogP contribution in [0.3, 0.4) is 0 Å². The van der Waals surface area contributed by atoms with Crippen molar-refractivity contribution in [3.05, 3.63) is 91.0 Å². The van der Waals surface area contributed by atoms with Crippen molar-refractivity contribution in [1.82, 2.24) is 5.48 Å². The van der Waals surface area contributed by atoms with Gasteiger partial charge in [-0.15, -0.1) is 5.48 Å².